The van der Waals surface area contributed by atoms with Gasteiger partial charge in [0.05, 0.1) is 10.6 Å². The first-order valence-electron chi connectivity index (χ1n) is 9.93. The Balaban J connectivity index is 1.59. The molecule has 1 aliphatic heterocycles. The number of piperazine rings is 1. The van der Waals surface area contributed by atoms with Crippen LogP contribution >= 0.6 is 0 Å². The third kappa shape index (κ3) is 4.87. The van der Waals surface area contributed by atoms with Crippen LogP contribution in [0.25, 0.3) is 0 Å². The summed E-state index contributed by atoms with van der Waals surface area (Å²) < 4.78 is 42.5. The van der Waals surface area contributed by atoms with E-state index in [1.54, 1.807) is 7.05 Å². The number of carbonyl (C=O) groups is 1. The molecule has 0 aromatic heterocycles. The van der Waals surface area contributed by atoms with E-state index in [0.29, 0.717) is 0 Å². The smallest absolute Gasteiger partial charge is 0.322 e. The molecule has 0 atom stereocenters. The summed E-state index contributed by atoms with van der Waals surface area (Å²) >= 11 is 0. The van der Waals surface area contributed by atoms with Crippen molar-refractivity contribution >= 4 is 27.6 Å². The maximum absolute atomic E-state index is 13.9. The second-order valence-electron chi connectivity index (χ2n) is 7.55. The summed E-state index contributed by atoms with van der Waals surface area (Å²) in [6, 6.07) is 2.25. The number of hydrogen-bond donors (Lipinski definition) is 1. The third-order valence-corrected chi connectivity index (χ3v) is 7.75. The number of amides is 2. The van der Waals surface area contributed by atoms with Gasteiger partial charge < -0.3 is 10.2 Å². The zero-order valence-corrected chi connectivity index (χ0v) is 17.6. The van der Waals surface area contributed by atoms with E-state index >= 15 is 0 Å². The number of carbonyl (C=O) groups excluding carboxylic acids is 1. The number of urea groups is 1. The minimum absolute atomic E-state index is 0.00178. The van der Waals surface area contributed by atoms with Crippen LogP contribution in [0.3, 0.4) is 0 Å². The molecule has 1 N–H and O–H groups in total. The number of nitro benzene ring substituents is 1. The number of nitrogens with one attached hydrogen (secondary N) is 1. The van der Waals surface area contributed by atoms with Crippen molar-refractivity contribution < 1.29 is 22.5 Å². The third-order valence-electron chi connectivity index (χ3n) is 5.71. The Hall–Kier alpha value is -2.31. The van der Waals surface area contributed by atoms with E-state index in [1.807, 2.05) is 0 Å². The van der Waals surface area contributed by atoms with E-state index in [0.717, 1.165) is 50.3 Å². The first-order chi connectivity index (χ1) is 14.2. The number of benzene rings is 1. The molecule has 30 heavy (non-hydrogen) atoms. The van der Waals surface area contributed by atoms with Crippen LogP contribution in [0.15, 0.2) is 18.2 Å². The van der Waals surface area contributed by atoms with E-state index in [-0.39, 0.29) is 43.6 Å². The summed E-state index contributed by atoms with van der Waals surface area (Å²) in [5.41, 5.74) is -0.630. The van der Waals surface area contributed by atoms with Gasteiger partial charge >= 0.3 is 6.03 Å². The summed E-state index contributed by atoms with van der Waals surface area (Å²) in [7, 11) is -2.01. The highest BCUT2D eigenvalue weighted by molar-refractivity contribution is 7.86. The lowest BCUT2D eigenvalue weighted by Crippen LogP contribution is -2.55. The molecule has 1 aromatic rings. The van der Waals surface area contributed by atoms with Crippen molar-refractivity contribution in [2.45, 2.75) is 38.1 Å². The molecular weight excluding hydrogens is 417 g/mol. The molecular formula is C18H26FN5O5S. The quantitative estimate of drug-likeness (QED) is 0.554. The lowest BCUT2D eigenvalue weighted by Gasteiger charge is -2.38. The van der Waals surface area contributed by atoms with Crippen LogP contribution in [0.4, 0.5) is 20.6 Å². The molecule has 2 fully saturated rings. The molecule has 166 valence electrons. The Morgan fingerprint density at radius 3 is 2.43 bits per heavy atom. The van der Waals surface area contributed by atoms with Crippen molar-refractivity contribution in [2.75, 3.05) is 38.5 Å². The lowest BCUT2D eigenvalue weighted by atomic mass is 9.96. The minimum atomic E-state index is -3.62. The molecule has 0 bridgehead atoms. The fourth-order valence-corrected chi connectivity index (χ4v) is 5.43. The van der Waals surface area contributed by atoms with E-state index in [9.17, 15) is 27.7 Å². The predicted molar refractivity (Wildman–Crippen MR) is 109 cm³/mol. The summed E-state index contributed by atoms with van der Waals surface area (Å²) in [6.07, 6.45) is 4.88. The van der Waals surface area contributed by atoms with E-state index in [1.165, 1.54) is 13.5 Å². The fraction of sp³-hybridized carbons (Fsp3) is 0.611. The van der Waals surface area contributed by atoms with Crippen LogP contribution < -0.4 is 5.32 Å². The molecule has 2 aliphatic rings. The van der Waals surface area contributed by atoms with Crippen LogP contribution in [0.1, 0.15) is 32.1 Å². The minimum Gasteiger partial charge on any atom is -0.322 e. The van der Waals surface area contributed by atoms with Gasteiger partial charge in [-0.15, -0.1) is 0 Å². The highest BCUT2D eigenvalue weighted by Gasteiger charge is 2.35. The van der Waals surface area contributed by atoms with Gasteiger partial charge in [-0.25, -0.2) is 9.18 Å². The molecule has 0 unspecified atom stereocenters. The van der Waals surface area contributed by atoms with Crippen molar-refractivity contribution in [3.05, 3.63) is 34.1 Å². The standard InChI is InChI=1S/C18H26FN5O5S/c1-21(14-5-3-2-4-6-14)30(28,29)23-11-9-22(10-12-23)18(25)20-17-13-15(24(26)27)7-8-16(17)19/h7-8,13-14H,2-6,9-12H2,1H3,(H,20,25). The molecule has 1 saturated heterocycles. The van der Waals surface area contributed by atoms with Crippen molar-refractivity contribution in [1.29, 1.82) is 0 Å². The monoisotopic (exact) mass is 443 g/mol. The normalized spacial score (nSPS) is 19.1. The van der Waals surface area contributed by atoms with Gasteiger partial charge in [0.15, 0.2) is 0 Å². The second-order valence-corrected chi connectivity index (χ2v) is 9.54. The van der Waals surface area contributed by atoms with Crippen molar-refractivity contribution in [2.24, 2.45) is 0 Å². The summed E-state index contributed by atoms with van der Waals surface area (Å²) in [6.45, 7) is 0.536. The molecule has 1 heterocycles. The second kappa shape index (κ2) is 9.23. The number of anilines is 1. The average molecular weight is 444 g/mol. The topological polar surface area (TPSA) is 116 Å². The van der Waals surface area contributed by atoms with Gasteiger partial charge in [-0.1, -0.05) is 19.3 Å². The molecule has 0 radical (unpaired) electrons. The Morgan fingerprint density at radius 2 is 1.83 bits per heavy atom. The molecule has 1 aliphatic carbocycles. The molecule has 12 heteroatoms. The maximum Gasteiger partial charge on any atom is 0.322 e. The van der Waals surface area contributed by atoms with Crippen LogP contribution in [0.2, 0.25) is 0 Å². The van der Waals surface area contributed by atoms with Gasteiger partial charge in [-0.2, -0.15) is 17.0 Å². The molecule has 0 spiro atoms. The summed E-state index contributed by atoms with van der Waals surface area (Å²) in [4.78, 5) is 24.0. The predicted octanol–water partition coefficient (Wildman–Crippen LogP) is 2.39. The number of rotatable bonds is 5. The zero-order chi connectivity index (χ0) is 21.9. The van der Waals surface area contributed by atoms with E-state index < -0.39 is 27.0 Å². The molecule has 2 amide bonds. The molecule has 10 nitrogen and oxygen atoms in total. The number of halogens is 1. The van der Waals surface area contributed by atoms with Gasteiger partial charge in [-0.05, 0) is 18.9 Å². The molecule has 1 saturated carbocycles. The Morgan fingerprint density at radius 1 is 1.20 bits per heavy atom. The largest absolute Gasteiger partial charge is 0.322 e. The first-order valence-corrected chi connectivity index (χ1v) is 11.3. The first kappa shape index (κ1) is 22.4. The van der Waals surface area contributed by atoms with Crippen molar-refractivity contribution in [1.82, 2.24) is 13.5 Å². The molecule has 3 rings (SSSR count). The zero-order valence-electron chi connectivity index (χ0n) is 16.8. The Labute approximate surface area is 175 Å². The van der Waals surface area contributed by atoms with Gasteiger partial charge in [0.2, 0.25) is 0 Å². The number of nitro groups is 1. The summed E-state index contributed by atoms with van der Waals surface area (Å²) in [5, 5.41) is 13.2. The van der Waals surface area contributed by atoms with Crippen LogP contribution in [-0.4, -0.2) is 72.2 Å². The van der Waals surface area contributed by atoms with Gasteiger partial charge in [-0.3, -0.25) is 10.1 Å². The Kier molecular flexibility index (Phi) is 6.88. The Bertz CT molecular complexity index is 898. The van der Waals surface area contributed by atoms with Crippen LogP contribution in [-0.2, 0) is 10.2 Å². The fourth-order valence-electron chi connectivity index (χ4n) is 3.85. The summed E-state index contributed by atoms with van der Waals surface area (Å²) in [5.74, 6) is -0.788. The highest BCUT2D eigenvalue weighted by Crippen LogP contribution is 2.25. The van der Waals surface area contributed by atoms with Crippen molar-refractivity contribution in [3.63, 3.8) is 0 Å². The van der Waals surface area contributed by atoms with Gasteiger partial charge in [0.1, 0.15) is 5.82 Å². The van der Waals surface area contributed by atoms with E-state index in [4.69, 9.17) is 0 Å². The number of nitrogens with zero attached hydrogens (tertiary/aromatic N) is 4. The molecule has 1 aromatic carbocycles. The van der Waals surface area contributed by atoms with Crippen LogP contribution in [0, 0.1) is 15.9 Å². The van der Waals surface area contributed by atoms with E-state index in [2.05, 4.69) is 5.32 Å². The number of non-ortho nitro benzene ring substituents is 1. The highest BCUT2D eigenvalue weighted by atomic mass is 32.2. The maximum atomic E-state index is 13.9. The van der Waals surface area contributed by atoms with Gasteiger partial charge in [0.25, 0.3) is 15.9 Å². The lowest BCUT2D eigenvalue weighted by molar-refractivity contribution is -0.384. The SMILES string of the molecule is CN(C1CCCCC1)S(=O)(=O)N1CCN(C(=O)Nc2cc([N+](=O)[O-])ccc2F)CC1. The number of hydrogen-bond acceptors (Lipinski definition) is 5. The van der Waals surface area contributed by atoms with Crippen LogP contribution in [0.5, 0.6) is 0 Å². The average Bonchev–Trinajstić information content (AvgIpc) is 2.75. The van der Waals surface area contributed by atoms with Gasteiger partial charge in [0, 0.05) is 51.4 Å². The van der Waals surface area contributed by atoms with Crippen molar-refractivity contribution in [3.8, 4) is 0 Å².